The van der Waals surface area contributed by atoms with Gasteiger partial charge >= 0.3 is 11.9 Å². The highest BCUT2D eigenvalue weighted by atomic mass is 32.1. The second-order valence-corrected chi connectivity index (χ2v) is 9.06. The van der Waals surface area contributed by atoms with Gasteiger partial charge in [0.1, 0.15) is 17.1 Å². The third-order valence-corrected chi connectivity index (χ3v) is 4.71. The Morgan fingerprint density at radius 3 is 2.23 bits per heavy atom. The predicted octanol–water partition coefficient (Wildman–Crippen LogP) is 5.02. The van der Waals surface area contributed by atoms with Crippen LogP contribution in [-0.4, -0.2) is 17.5 Å². The molecule has 0 saturated heterocycles. The lowest BCUT2D eigenvalue weighted by molar-refractivity contribution is -0.155. The van der Waals surface area contributed by atoms with E-state index >= 15 is 0 Å². The second kappa shape index (κ2) is 8.04. The van der Waals surface area contributed by atoms with E-state index in [-0.39, 0.29) is 18.5 Å². The maximum Gasteiger partial charge on any atom is 0.348 e. The minimum Gasteiger partial charge on any atom is -0.460 e. The van der Waals surface area contributed by atoms with E-state index in [1.54, 1.807) is 6.07 Å². The first-order chi connectivity index (χ1) is 12.1. The van der Waals surface area contributed by atoms with Gasteiger partial charge < -0.3 is 9.47 Å². The van der Waals surface area contributed by atoms with E-state index in [0.717, 1.165) is 10.4 Å². The lowest BCUT2D eigenvalue weighted by Gasteiger charge is -2.22. The summed E-state index contributed by atoms with van der Waals surface area (Å²) in [5, 5.41) is 0. The van der Waals surface area contributed by atoms with Crippen molar-refractivity contribution in [2.45, 2.75) is 53.2 Å². The molecule has 4 nitrogen and oxygen atoms in total. The van der Waals surface area contributed by atoms with Crippen LogP contribution >= 0.6 is 11.3 Å². The van der Waals surface area contributed by atoms with Gasteiger partial charge in [-0.25, -0.2) is 4.79 Å². The van der Waals surface area contributed by atoms with Crippen LogP contribution in [0.15, 0.2) is 42.5 Å². The van der Waals surface area contributed by atoms with Crippen LogP contribution < -0.4 is 0 Å². The summed E-state index contributed by atoms with van der Waals surface area (Å²) in [5.74, 6) is -0.591. The Kier molecular flexibility index (Phi) is 6.24. The average molecular weight is 375 g/mol. The maximum absolute atomic E-state index is 12.5. The summed E-state index contributed by atoms with van der Waals surface area (Å²) in [5.41, 5.74) is -0.243. The monoisotopic (exact) mass is 374 g/mol. The summed E-state index contributed by atoms with van der Waals surface area (Å²) in [6.45, 7) is 9.49. The summed E-state index contributed by atoms with van der Waals surface area (Å²) < 4.78 is 10.8. The molecular weight excluding hydrogens is 348 g/mol. The summed E-state index contributed by atoms with van der Waals surface area (Å²) in [7, 11) is 0. The van der Waals surface area contributed by atoms with Crippen LogP contribution in [0.5, 0.6) is 0 Å². The highest BCUT2D eigenvalue weighted by molar-refractivity contribution is 7.13. The molecule has 26 heavy (non-hydrogen) atoms. The fourth-order valence-corrected chi connectivity index (χ4v) is 3.45. The van der Waals surface area contributed by atoms with Crippen molar-refractivity contribution in [3.05, 3.63) is 57.8 Å². The summed E-state index contributed by atoms with van der Waals surface area (Å²) in [6.07, 6.45) is 0.508. The van der Waals surface area contributed by atoms with Crippen molar-refractivity contribution in [1.29, 1.82) is 0 Å². The van der Waals surface area contributed by atoms with Gasteiger partial charge in [0, 0.05) is 4.88 Å². The smallest absolute Gasteiger partial charge is 0.348 e. The summed E-state index contributed by atoms with van der Waals surface area (Å²) >= 11 is 1.36. The molecule has 1 heterocycles. The van der Waals surface area contributed by atoms with Gasteiger partial charge in [0.05, 0.1) is 5.41 Å². The van der Waals surface area contributed by atoms with Crippen molar-refractivity contribution >= 4 is 23.3 Å². The standard InChI is InChI=1S/C21H26O4S/c1-20(2,3)25-18(22)17-12-11-16(26-17)13-21(4,5)19(23)24-14-15-9-7-6-8-10-15/h6-12H,13-14H2,1-5H3. The quantitative estimate of drug-likeness (QED) is 0.667. The van der Waals surface area contributed by atoms with E-state index in [4.69, 9.17) is 9.47 Å². The van der Waals surface area contributed by atoms with Gasteiger partial charge in [0.15, 0.2) is 0 Å². The Morgan fingerprint density at radius 1 is 0.962 bits per heavy atom. The highest BCUT2D eigenvalue weighted by Gasteiger charge is 2.31. The number of benzene rings is 1. The van der Waals surface area contributed by atoms with Gasteiger partial charge in [-0.2, -0.15) is 0 Å². The molecule has 5 heteroatoms. The van der Waals surface area contributed by atoms with Crippen molar-refractivity contribution in [3.63, 3.8) is 0 Å². The SMILES string of the molecule is CC(C)(C)OC(=O)c1ccc(CC(C)(C)C(=O)OCc2ccccc2)s1. The van der Waals surface area contributed by atoms with Crippen LogP contribution in [0.1, 0.15) is 54.7 Å². The molecule has 0 fully saturated rings. The largest absolute Gasteiger partial charge is 0.460 e. The molecular formula is C21H26O4S. The number of hydrogen-bond donors (Lipinski definition) is 0. The van der Waals surface area contributed by atoms with Gasteiger partial charge in [-0.15, -0.1) is 11.3 Å². The van der Waals surface area contributed by atoms with Crippen LogP contribution in [0.25, 0.3) is 0 Å². The normalized spacial score (nSPS) is 11.9. The topological polar surface area (TPSA) is 52.6 Å². The lowest BCUT2D eigenvalue weighted by atomic mass is 9.89. The van der Waals surface area contributed by atoms with E-state index in [0.29, 0.717) is 11.3 Å². The molecule has 0 aliphatic rings. The zero-order valence-corrected chi connectivity index (χ0v) is 16.8. The molecule has 0 radical (unpaired) electrons. The van der Waals surface area contributed by atoms with Gasteiger partial charge in [0.25, 0.3) is 0 Å². The maximum atomic E-state index is 12.5. The molecule has 2 rings (SSSR count). The molecule has 0 atom stereocenters. The van der Waals surface area contributed by atoms with Gasteiger partial charge in [-0.3, -0.25) is 4.79 Å². The van der Waals surface area contributed by atoms with E-state index < -0.39 is 11.0 Å². The highest BCUT2D eigenvalue weighted by Crippen LogP contribution is 2.29. The number of hydrogen-bond acceptors (Lipinski definition) is 5. The second-order valence-electron chi connectivity index (χ2n) is 7.89. The number of ether oxygens (including phenoxy) is 2. The van der Waals surface area contributed by atoms with E-state index in [9.17, 15) is 9.59 Å². The van der Waals surface area contributed by atoms with E-state index in [2.05, 4.69) is 0 Å². The molecule has 2 aromatic rings. The molecule has 0 N–H and O–H groups in total. The van der Waals surface area contributed by atoms with Crippen LogP contribution in [0.4, 0.5) is 0 Å². The Labute approximate surface area is 159 Å². The van der Waals surface area contributed by atoms with Crippen molar-refractivity contribution in [2.75, 3.05) is 0 Å². The first kappa shape index (κ1) is 20.2. The van der Waals surface area contributed by atoms with Crippen molar-refractivity contribution in [1.82, 2.24) is 0 Å². The first-order valence-corrected chi connectivity index (χ1v) is 9.42. The Balaban J connectivity index is 1.96. The number of esters is 2. The Hall–Kier alpha value is -2.14. The zero-order chi connectivity index (χ0) is 19.4. The molecule has 1 aromatic heterocycles. The molecule has 0 spiro atoms. The molecule has 140 valence electrons. The zero-order valence-electron chi connectivity index (χ0n) is 16.0. The Morgan fingerprint density at radius 2 is 1.62 bits per heavy atom. The number of carbonyl (C=O) groups excluding carboxylic acids is 2. The fourth-order valence-electron chi connectivity index (χ4n) is 2.34. The lowest BCUT2D eigenvalue weighted by Crippen LogP contribution is -2.28. The molecule has 0 aliphatic heterocycles. The van der Waals surface area contributed by atoms with E-state index in [1.807, 2.05) is 71.0 Å². The fraction of sp³-hybridized carbons (Fsp3) is 0.429. The number of thiophene rings is 1. The number of rotatable bonds is 6. The number of carbonyl (C=O) groups is 2. The third kappa shape index (κ3) is 5.99. The molecule has 0 unspecified atom stereocenters. The average Bonchev–Trinajstić information content (AvgIpc) is 3.00. The minimum atomic E-state index is -0.676. The van der Waals surface area contributed by atoms with Gasteiger partial charge in [0.2, 0.25) is 0 Å². The van der Waals surface area contributed by atoms with Crippen LogP contribution in [-0.2, 0) is 27.3 Å². The first-order valence-electron chi connectivity index (χ1n) is 8.60. The van der Waals surface area contributed by atoms with Crippen LogP contribution in [0, 0.1) is 5.41 Å². The molecule has 1 aromatic carbocycles. The molecule has 0 bridgehead atoms. The Bertz CT molecular complexity index is 754. The van der Waals surface area contributed by atoms with E-state index in [1.165, 1.54) is 11.3 Å². The third-order valence-electron chi connectivity index (χ3n) is 3.64. The van der Waals surface area contributed by atoms with Gasteiger partial charge in [-0.1, -0.05) is 30.3 Å². The summed E-state index contributed by atoms with van der Waals surface area (Å²) in [4.78, 5) is 26.1. The van der Waals surface area contributed by atoms with Crippen molar-refractivity contribution < 1.29 is 19.1 Å². The molecule has 0 saturated carbocycles. The minimum absolute atomic E-state index is 0.256. The predicted molar refractivity (Wildman–Crippen MR) is 103 cm³/mol. The molecule has 0 aliphatic carbocycles. The van der Waals surface area contributed by atoms with Crippen LogP contribution in [0.3, 0.4) is 0 Å². The molecule has 0 amide bonds. The van der Waals surface area contributed by atoms with Crippen molar-refractivity contribution in [2.24, 2.45) is 5.41 Å². The summed E-state index contributed by atoms with van der Waals surface area (Å²) in [6, 6.07) is 13.2. The van der Waals surface area contributed by atoms with Crippen molar-refractivity contribution in [3.8, 4) is 0 Å². The van der Waals surface area contributed by atoms with Crippen LogP contribution in [0.2, 0.25) is 0 Å². The van der Waals surface area contributed by atoms with Gasteiger partial charge in [-0.05, 0) is 58.7 Å².